The fourth-order valence-corrected chi connectivity index (χ4v) is 2.58. The van der Waals surface area contributed by atoms with E-state index in [4.69, 9.17) is 0 Å². The van der Waals surface area contributed by atoms with Crippen molar-refractivity contribution < 1.29 is 14.7 Å². The second-order valence-electron chi connectivity index (χ2n) is 5.06. The Morgan fingerprint density at radius 2 is 2.00 bits per heavy atom. The molecule has 1 atom stereocenters. The number of carboxylic acid groups (broad SMARTS) is 1. The average molecular weight is 273 g/mol. The zero-order valence-corrected chi connectivity index (χ0v) is 11.8. The number of hydrogen-bond acceptors (Lipinski definition) is 2. The third-order valence-corrected chi connectivity index (χ3v) is 3.64. The maximum absolute atomic E-state index is 12.4. The Morgan fingerprint density at radius 3 is 2.60 bits per heavy atom. The number of hydrogen-bond donors (Lipinski definition) is 1. The lowest BCUT2D eigenvalue weighted by Gasteiger charge is -2.34. The van der Waals surface area contributed by atoms with Crippen LogP contribution in [0.1, 0.15) is 31.4 Å². The van der Waals surface area contributed by atoms with Crippen LogP contribution in [0.2, 0.25) is 0 Å². The number of rotatable bonds is 3. The van der Waals surface area contributed by atoms with Gasteiger partial charge in [-0.05, 0) is 24.5 Å². The first kappa shape index (κ1) is 14.3. The first-order valence-electron chi connectivity index (χ1n) is 6.82. The average Bonchev–Trinajstić information content (AvgIpc) is 2.45. The molecule has 0 saturated heterocycles. The van der Waals surface area contributed by atoms with E-state index < -0.39 is 12.0 Å². The maximum Gasteiger partial charge on any atom is 0.326 e. The third-order valence-electron chi connectivity index (χ3n) is 3.64. The number of benzene rings is 1. The van der Waals surface area contributed by atoms with Gasteiger partial charge in [0, 0.05) is 18.5 Å². The van der Waals surface area contributed by atoms with Gasteiger partial charge in [0.2, 0.25) is 5.91 Å². The van der Waals surface area contributed by atoms with E-state index in [0.717, 1.165) is 17.5 Å². The molecule has 1 aromatic carbocycles. The van der Waals surface area contributed by atoms with Crippen LogP contribution in [0.5, 0.6) is 0 Å². The summed E-state index contributed by atoms with van der Waals surface area (Å²) >= 11 is 0. The fourth-order valence-electron chi connectivity index (χ4n) is 2.58. The van der Waals surface area contributed by atoms with Gasteiger partial charge >= 0.3 is 5.97 Å². The highest BCUT2D eigenvalue weighted by Gasteiger charge is 2.34. The van der Waals surface area contributed by atoms with E-state index in [9.17, 15) is 14.7 Å². The molecule has 0 aromatic heterocycles. The SMILES string of the molecule is CC/C=C(/C)C(=O)N1Cc2ccccc2C[C@@H]1C(=O)O. The number of nitrogens with zero attached hydrogens (tertiary/aromatic N) is 1. The largest absolute Gasteiger partial charge is 0.480 e. The zero-order chi connectivity index (χ0) is 14.7. The highest BCUT2D eigenvalue weighted by atomic mass is 16.4. The van der Waals surface area contributed by atoms with Crippen LogP contribution in [0.15, 0.2) is 35.9 Å². The predicted octanol–water partition coefficient (Wildman–Crippen LogP) is 2.38. The molecule has 4 nitrogen and oxygen atoms in total. The van der Waals surface area contributed by atoms with Crippen LogP contribution < -0.4 is 0 Å². The molecule has 1 heterocycles. The Labute approximate surface area is 118 Å². The van der Waals surface area contributed by atoms with Crippen LogP contribution in [-0.2, 0) is 22.6 Å². The van der Waals surface area contributed by atoms with E-state index in [0.29, 0.717) is 18.5 Å². The summed E-state index contributed by atoms with van der Waals surface area (Å²) in [7, 11) is 0. The molecule has 0 spiro atoms. The number of carboxylic acids is 1. The van der Waals surface area contributed by atoms with Crippen molar-refractivity contribution in [2.45, 2.75) is 39.3 Å². The van der Waals surface area contributed by atoms with Crippen molar-refractivity contribution in [2.24, 2.45) is 0 Å². The number of fused-ring (bicyclic) bond motifs is 1. The van der Waals surface area contributed by atoms with Crippen molar-refractivity contribution in [3.8, 4) is 0 Å². The second-order valence-corrected chi connectivity index (χ2v) is 5.06. The minimum absolute atomic E-state index is 0.186. The molecule has 1 N–H and O–H groups in total. The van der Waals surface area contributed by atoms with Crippen LogP contribution in [0.3, 0.4) is 0 Å². The van der Waals surface area contributed by atoms with Gasteiger partial charge in [0.1, 0.15) is 6.04 Å². The summed E-state index contributed by atoms with van der Waals surface area (Å²) in [4.78, 5) is 25.3. The van der Waals surface area contributed by atoms with Crippen molar-refractivity contribution in [3.63, 3.8) is 0 Å². The molecule has 20 heavy (non-hydrogen) atoms. The topological polar surface area (TPSA) is 57.6 Å². The predicted molar refractivity (Wildman–Crippen MR) is 76.2 cm³/mol. The van der Waals surface area contributed by atoms with Crippen molar-refractivity contribution in [1.29, 1.82) is 0 Å². The summed E-state index contributed by atoms with van der Waals surface area (Å²) in [5, 5.41) is 9.38. The van der Waals surface area contributed by atoms with E-state index in [1.807, 2.05) is 37.3 Å². The van der Waals surface area contributed by atoms with Gasteiger partial charge < -0.3 is 10.0 Å². The fraction of sp³-hybridized carbons (Fsp3) is 0.375. The molecular formula is C16H19NO3. The maximum atomic E-state index is 12.4. The molecule has 4 heteroatoms. The van der Waals surface area contributed by atoms with Crippen molar-refractivity contribution in [2.75, 3.05) is 0 Å². The zero-order valence-electron chi connectivity index (χ0n) is 11.8. The molecule has 106 valence electrons. The summed E-state index contributed by atoms with van der Waals surface area (Å²) in [6.07, 6.45) is 2.97. The van der Waals surface area contributed by atoms with E-state index >= 15 is 0 Å². The minimum Gasteiger partial charge on any atom is -0.480 e. The van der Waals surface area contributed by atoms with Gasteiger partial charge in [0.05, 0.1) is 0 Å². The molecule has 1 amide bonds. The number of amides is 1. The number of aliphatic carboxylic acids is 1. The molecule has 0 fully saturated rings. The smallest absolute Gasteiger partial charge is 0.326 e. The van der Waals surface area contributed by atoms with E-state index in [-0.39, 0.29) is 5.91 Å². The van der Waals surface area contributed by atoms with Gasteiger partial charge in [-0.2, -0.15) is 0 Å². The summed E-state index contributed by atoms with van der Waals surface area (Å²) < 4.78 is 0. The van der Waals surface area contributed by atoms with Crippen LogP contribution in [0.25, 0.3) is 0 Å². The molecule has 2 rings (SSSR count). The molecule has 0 saturated carbocycles. The third kappa shape index (κ3) is 2.74. The molecule has 0 unspecified atom stereocenters. The summed E-state index contributed by atoms with van der Waals surface area (Å²) in [6.45, 7) is 4.06. The van der Waals surface area contributed by atoms with E-state index in [1.165, 1.54) is 4.90 Å². The molecule has 0 aliphatic carbocycles. The minimum atomic E-state index is -0.947. The highest BCUT2D eigenvalue weighted by Crippen LogP contribution is 2.24. The van der Waals surface area contributed by atoms with Gasteiger partial charge in [-0.1, -0.05) is 37.3 Å². The molecule has 1 aliphatic heterocycles. The molecule has 0 bridgehead atoms. The monoisotopic (exact) mass is 273 g/mol. The highest BCUT2D eigenvalue weighted by molar-refractivity contribution is 5.95. The lowest BCUT2D eigenvalue weighted by Crippen LogP contribution is -2.48. The lowest BCUT2D eigenvalue weighted by atomic mass is 9.93. The van der Waals surface area contributed by atoms with Crippen LogP contribution >= 0.6 is 0 Å². The molecule has 1 aromatic rings. The second kappa shape index (κ2) is 5.90. The first-order chi connectivity index (χ1) is 9.54. The quantitative estimate of drug-likeness (QED) is 0.860. The van der Waals surface area contributed by atoms with E-state index in [2.05, 4.69) is 0 Å². The summed E-state index contributed by atoms with van der Waals surface area (Å²) in [5.41, 5.74) is 2.65. The number of carbonyl (C=O) groups is 2. The molecule has 0 radical (unpaired) electrons. The van der Waals surface area contributed by atoms with Gasteiger partial charge in [-0.3, -0.25) is 4.79 Å². The van der Waals surface area contributed by atoms with Crippen LogP contribution in [-0.4, -0.2) is 27.9 Å². The number of carbonyl (C=O) groups excluding carboxylic acids is 1. The first-order valence-corrected chi connectivity index (χ1v) is 6.82. The van der Waals surface area contributed by atoms with Gasteiger partial charge in [-0.25, -0.2) is 4.79 Å². The van der Waals surface area contributed by atoms with Crippen LogP contribution in [0, 0.1) is 0 Å². The van der Waals surface area contributed by atoms with Gasteiger partial charge in [0.15, 0.2) is 0 Å². The summed E-state index contributed by atoms with van der Waals surface area (Å²) in [5.74, 6) is -1.13. The Hall–Kier alpha value is -2.10. The van der Waals surface area contributed by atoms with Crippen molar-refractivity contribution in [1.82, 2.24) is 4.90 Å². The Bertz CT molecular complexity index is 563. The normalized spacial score (nSPS) is 18.6. The van der Waals surface area contributed by atoms with Gasteiger partial charge in [-0.15, -0.1) is 0 Å². The lowest BCUT2D eigenvalue weighted by molar-refractivity contribution is -0.149. The Kier molecular flexibility index (Phi) is 4.23. The Balaban J connectivity index is 2.34. The van der Waals surface area contributed by atoms with E-state index in [1.54, 1.807) is 6.92 Å². The van der Waals surface area contributed by atoms with Crippen molar-refractivity contribution in [3.05, 3.63) is 47.0 Å². The van der Waals surface area contributed by atoms with Gasteiger partial charge in [0.25, 0.3) is 0 Å². The number of allylic oxidation sites excluding steroid dienone is 1. The molecular weight excluding hydrogens is 254 g/mol. The summed E-state index contributed by atoms with van der Waals surface area (Å²) in [6, 6.07) is 6.92. The Morgan fingerprint density at radius 1 is 1.35 bits per heavy atom. The molecule has 1 aliphatic rings. The standard InChI is InChI=1S/C16H19NO3/c1-3-6-11(2)15(18)17-10-13-8-5-4-7-12(13)9-14(17)16(19)20/h4-8,14H,3,9-10H2,1-2H3,(H,19,20)/b11-6-/t14-/m1/s1. The van der Waals surface area contributed by atoms with Crippen molar-refractivity contribution >= 4 is 11.9 Å². The van der Waals surface area contributed by atoms with Crippen LogP contribution in [0.4, 0.5) is 0 Å².